The smallest absolute Gasteiger partial charge is 0.337 e. The Hall–Kier alpha value is -1.14. The zero-order valence-corrected chi connectivity index (χ0v) is 11.3. The molecule has 0 heterocycles. The van der Waals surface area contributed by atoms with Crippen LogP contribution in [0.3, 0.4) is 0 Å². The second-order valence-corrected chi connectivity index (χ2v) is 3.86. The monoisotopic (exact) mass is 250 g/mol. The minimum atomic E-state index is -0.811. The van der Waals surface area contributed by atoms with E-state index in [0.29, 0.717) is 0 Å². The molecule has 1 unspecified atom stereocenters. The van der Waals surface area contributed by atoms with E-state index in [4.69, 9.17) is 9.84 Å². The normalized spacial score (nSPS) is 11.9. The number of aliphatic hydroxyl groups is 1. The van der Waals surface area contributed by atoms with Gasteiger partial charge in [-0.2, -0.15) is 0 Å². The Balaban J connectivity index is 0. The Kier molecular flexibility index (Phi) is 9.60. The zero-order valence-electron chi connectivity index (χ0n) is 11.3. The summed E-state index contributed by atoms with van der Waals surface area (Å²) in [5.74, 6) is -0.712. The van der Waals surface area contributed by atoms with Crippen LogP contribution in [-0.4, -0.2) is 49.6 Å². The fourth-order valence-corrected chi connectivity index (χ4v) is 0.567. The van der Waals surface area contributed by atoms with E-state index in [0.717, 1.165) is 0 Å². The molecule has 102 valence electrons. The number of esters is 2. The van der Waals surface area contributed by atoms with Crippen molar-refractivity contribution in [2.24, 2.45) is 0 Å². The molecule has 0 bridgehead atoms. The second-order valence-electron chi connectivity index (χ2n) is 3.86. The Morgan fingerprint density at radius 3 is 1.88 bits per heavy atom. The molecule has 17 heavy (non-hydrogen) atoms. The minimum absolute atomic E-state index is 0.0926. The van der Waals surface area contributed by atoms with E-state index in [1.165, 1.54) is 21.1 Å². The number of hydrogen-bond acceptors (Lipinski definition) is 6. The van der Waals surface area contributed by atoms with Crippen LogP contribution >= 0.6 is 0 Å². The maximum atomic E-state index is 10.7. The largest absolute Gasteiger partial charge is 0.467 e. The highest BCUT2D eigenvalue weighted by Crippen LogP contribution is 2.08. The molecule has 0 saturated carbocycles. The first-order valence-electron chi connectivity index (χ1n) is 5.12. The average Bonchev–Trinajstić information content (AvgIpc) is 2.26. The lowest BCUT2D eigenvalue weighted by molar-refractivity contribution is -0.161. The summed E-state index contributed by atoms with van der Waals surface area (Å²) < 4.78 is 13.7. The first kappa shape index (κ1) is 18.2. The predicted molar refractivity (Wildman–Crippen MR) is 61.4 cm³/mol. The molecular formula is C11H22O6. The number of carbonyl (C=O) groups is 2. The van der Waals surface area contributed by atoms with E-state index in [-0.39, 0.29) is 18.5 Å². The van der Waals surface area contributed by atoms with E-state index in [2.05, 4.69) is 9.47 Å². The van der Waals surface area contributed by atoms with E-state index in [9.17, 15) is 9.59 Å². The van der Waals surface area contributed by atoms with Gasteiger partial charge in [0.15, 0.2) is 5.60 Å². The molecule has 0 aliphatic rings. The van der Waals surface area contributed by atoms with Crippen molar-refractivity contribution < 1.29 is 28.9 Å². The molecular weight excluding hydrogens is 228 g/mol. The number of ether oxygens (including phenoxy) is 3. The Labute approximate surface area is 102 Å². The van der Waals surface area contributed by atoms with E-state index >= 15 is 0 Å². The summed E-state index contributed by atoms with van der Waals surface area (Å²) in [6, 6.07) is 0. The van der Waals surface area contributed by atoms with Crippen molar-refractivity contribution in [2.45, 2.75) is 39.4 Å². The SMILES string of the molecule is CC(=O)OCC(C)O.COC(=O)C(C)(C)OC. The molecule has 1 atom stereocenters. The van der Waals surface area contributed by atoms with Gasteiger partial charge in [-0.05, 0) is 20.8 Å². The molecule has 0 aromatic heterocycles. The molecule has 0 radical (unpaired) electrons. The molecule has 0 aromatic rings. The number of rotatable bonds is 4. The minimum Gasteiger partial charge on any atom is -0.467 e. The first-order chi connectivity index (χ1) is 7.67. The van der Waals surface area contributed by atoms with Crippen LogP contribution in [0.2, 0.25) is 0 Å². The van der Waals surface area contributed by atoms with Crippen molar-refractivity contribution in [1.29, 1.82) is 0 Å². The summed E-state index contributed by atoms with van der Waals surface area (Å²) >= 11 is 0. The van der Waals surface area contributed by atoms with Gasteiger partial charge in [0.25, 0.3) is 0 Å². The molecule has 0 amide bonds. The number of methoxy groups -OCH3 is 2. The lowest BCUT2D eigenvalue weighted by atomic mass is 10.1. The number of carbonyl (C=O) groups excluding carboxylic acids is 2. The molecule has 0 rings (SSSR count). The third-order valence-electron chi connectivity index (χ3n) is 1.72. The summed E-state index contributed by atoms with van der Waals surface area (Å²) in [7, 11) is 2.81. The van der Waals surface area contributed by atoms with Gasteiger partial charge in [0.1, 0.15) is 6.61 Å². The van der Waals surface area contributed by atoms with Gasteiger partial charge in [-0.1, -0.05) is 0 Å². The van der Waals surface area contributed by atoms with Gasteiger partial charge >= 0.3 is 11.9 Å². The Bertz CT molecular complexity index is 234. The highest BCUT2D eigenvalue weighted by Gasteiger charge is 2.27. The van der Waals surface area contributed by atoms with Crippen LogP contribution in [0.1, 0.15) is 27.7 Å². The van der Waals surface area contributed by atoms with E-state index in [1.807, 2.05) is 0 Å². The average molecular weight is 250 g/mol. The van der Waals surface area contributed by atoms with Crippen molar-refractivity contribution in [3.63, 3.8) is 0 Å². The molecule has 0 fully saturated rings. The van der Waals surface area contributed by atoms with E-state index < -0.39 is 11.7 Å². The number of aliphatic hydroxyl groups excluding tert-OH is 1. The predicted octanol–water partition coefficient (Wildman–Crippen LogP) is 0.515. The Morgan fingerprint density at radius 2 is 1.76 bits per heavy atom. The van der Waals surface area contributed by atoms with Gasteiger partial charge in [0, 0.05) is 14.0 Å². The van der Waals surface area contributed by atoms with Gasteiger partial charge in [0.05, 0.1) is 13.2 Å². The summed E-state index contributed by atoms with van der Waals surface area (Å²) in [4.78, 5) is 20.7. The summed E-state index contributed by atoms with van der Waals surface area (Å²) in [5, 5.41) is 8.52. The molecule has 1 N–H and O–H groups in total. The maximum Gasteiger partial charge on any atom is 0.337 e. The van der Waals surface area contributed by atoms with Crippen molar-refractivity contribution in [1.82, 2.24) is 0 Å². The third kappa shape index (κ3) is 11.1. The summed E-state index contributed by atoms with van der Waals surface area (Å²) in [6.45, 7) is 6.26. The molecule has 6 heteroatoms. The maximum absolute atomic E-state index is 10.7. The van der Waals surface area contributed by atoms with Gasteiger partial charge in [-0.15, -0.1) is 0 Å². The standard InChI is InChI=1S/C6H12O3.C5H10O3/c1-6(2,9-4)5(7)8-3;1-4(6)3-8-5(2)7/h1-4H3;4,6H,3H2,1-2H3. The quantitative estimate of drug-likeness (QED) is 0.732. The summed E-state index contributed by atoms with van der Waals surface area (Å²) in [6.07, 6.45) is -0.557. The van der Waals surface area contributed by atoms with Crippen LogP contribution < -0.4 is 0 Å². The Morgan fingerprint density at radius 1 is 1.29 bits per heavy atom. The van der Waals surface area contributed by atoms with Crippen molar-refractivity contribution in [3.05, 3.63) is 0 Å². The molecule has 0 saturated heterocycles. The van der Waals surface area contributed by atoms with Crippen molar-refractivity contribution in [2.75, 3.05) is 20.8 Å². The van der Waals surface area contributed by atoms with Crippen LogP contribution in [-0.2, 0) is 23.8 Å². The summed E-state index contributed by atoms with van der Waals surface area (Å²) in [5.41, 5.74) is -0.811. The van der Waals surface area contributed by atoms with Gasteiger partial charge in [-0.3, -0.25) is 4.79 Å². The molecule has 0 aliphatic carbocycles. The van der Waals surface area contributed by atoms with Crippen LogP contribution in [0.25, 0.3) is 0 Å². The van der Waals surface area contributed by atoms with Crippen LogP contribution in [0.5, 0.6) is 0 Å². The van der Waals surface area contributed by atoms with Crippen LogP contribution in [0.4, 0.5) is 0 Å². The zero-order chi connectivity index (χ0) is 14.1. The lowest BCUT2D eigenvalue weighted by Crippen LogP contribution is -2.34. The molecule has 6 nitrogen and oxygen atoms in total. The molecule has 0 aliphatic heterocycles. The lowest BCUT2D eigenvalue weighted by Gasteiger charge is -2.18. The first-order valence-corrected chi connectivity index (χ1v) is 5.12. The van der Waals surface area contributed by atoms with Crippen molar-refractivity contribution in [3.8, 4) is 0 Å². The van der Waals surface area contributed by atoms with Gasteiger partial charge < -0.3 is 19.3 Å². The van der Waals surface area contributed by atoms with Crippen LogP contribution in [0.15, 0.2) is 0 Å². The molecule has 0 spiro atoms. The topological polar surface area (TPSA) is 82.1 Å². The van der Waals surface area contributed by atoms with Crippen LogP contribution in [0, 0.1) is 0 Å². The van der Waals surface area contributed by atoms with Gasteiger partial charge in [0.2, 0.25) is 0 Å². The highest BCUT2D eigenvalue weighted by atomic mass is 16.6. The van der Waals surface area contributed by atoms with Crippen molar-refractivity contribution >= 4 is 11.9 Å². The number of hydrogen-bond donors (Lipinski definition) is 1. The molecule has 0 aromatic carbocycles. The highest BCUT2D eigenvalue weighted by molar-refractivity contribution is 5.78. The third-order valence-corrected chi connectivity index (χ3v) is 1.72. The second kappa shape index (κ2) is 8.95. The van der Waals surface area contributed by atoms with Gasteiger partial charge in [-0.25, -0.2) is 4.79 Å². The fraction of sp³-hybridized carbons (Fsp3) is 0.818. The fourth-order valence-electron chi connectivity index (χ4n) is 0.567. The van der Waals surface area contributed by atoms with E-state index in [1.54, 1.807) is 20.8 Å².